The van der Waals surface area contributed by atoms with Crippen LogP contribution in [-0.2, 0) is 10.0 Å². The summed E-state index contributed by atoms with van der Waals surface area (Å²) in [5.41, 5.74) is 1.30. The van der Waals surface area contributed by atoms with E-state index < -0.39 is 15.9 Å². The van der Waals surface area contributed by atoms with E-state index in [4.69, 9.17) is 0 Å². The summed E-state index contributed by atoms with van der Waals surface area (Å²) < 4.78 is 26.8. The van der Waals surface area contributed by atoms with Gasteiger partial charge in [0.05, 0.1) is 4.90 Å². The van der Waals surface area contributed by atoms with Crippen molar-refractivity contribution in [3.05, 3.63) is 59.7 Å². The monoisotopic (exact) mass is 360 g/mol. The first kappa shape index (κ1) is 18.8. The molecule has 0 atom stereocenters. The topological polar surface area (TPSA) is 92.3 Å². The number of Topliss-reactive ketones (excluding diaryl/α,β-unsaturated/α-hetero) is 1. The van der Waals surface area contributed by atoms with Crippen LogP contribution in [0.15, 0.2) is 53.4 Å². The van der Waals surface area contributed by atoms with E-state index >= 15 is 0 Å². The van der Waals surface area contributed by atoms with Crippen molar-refractivity contribution in [2.45, 2.75) is 25.2 Å². The lowest BCUT2D eigenvalue weighted by Crippen LogP contribution is -2.24. The van der Waals surface area contributed by atoms with E-state index in [1.165, 1.54) is 31.2 Å². The molecule has 2 N–H and O–H groups in total. The van der Waals surface area contributed by atoms with E-state index in [2.05, 4.69) is 10.0 Å². The van der Waals surface area contributed by atoms with Crippen LogP contribution in [0.5, 0.6) is 0 Å². The smallest absolute Gasteiger partial charge is 0.255 e. The zero-order valence-electron chi connectivity index (χ0n) is 14.1. The number of carbonyl (C=O) groups is 2. The van der Waals surface area contributed by atoms with Gasteiger partial charge in [0.25, 0.3) is 5.91 Å². The molecule has 1 amide bonds. The maximum atomic E-state index is 12.3. The lowest BCUT2D eigenvalue weighted by atomic mass is 10.1. The molecule has 0 bridgehead atoms. The van der Waals surface area contributed by atoms with Crippen molar-refractivity contribution in [1.29, 1.82) is 0 Å². The second-order valence-corrected chi connectivity index (χ2v) is 7.28. The Morgan fingerprint density at radius 3 is 2.28 bits per heavy atom. The van der Waals surface area contributed by atoms with E-state index in [-0.39, 0.29) is 16.2 Å². The van der Waals surface area contributed by atoms with Crippen molar-refractivity contribution in [2.75, 3.05) is 11.9 Å². The lowest BCUT2D eigenvalue weighted by molar-refractivity contribution is 0.101. The molecule has 0 aliphatic heterocycles. The molecule has 0 aromatic heterocycles. The van der Waals surface area contributed by atoms with Gasteiger partial charge in [-0.15, -0.1) is 0 Å². The third kappa shape index (κ3) is 4.98. The van der Waals surface area contributed by atoms with Crippen LogP contribution in [0.2, 0.25) is 0 Å². The standard InChI is InChI=1S/C18H20N2O4S/c1-3-11-19-25(23,24)17-6-4-5-15(12-17)18(22)20-16-9-7-14(8-10-16)13(2)21/h4-10,12,19H,3,11H2,1-2H3,(H,20,22). The fourth-order valence-electron chi connectivity index (χ4n) is 2.12. The molecule has 2 aromatic carbocycles. The molecule has 0 radical (unpaired) electrons. The highest BCUT2D eigenvalue weighted by Crippen LogP contribution is 2.15. The van der Waals surface area contributed by atoms with Gasteiger partial charge in [0, 0.05) is 23.4 Å². The van der Waals surface area contributed by atoms with Gasteiger partial charge in [-0.2, -0.15) is 0 Å². The molecule has 0 saturated heterocycles. The number of nitrogens with one attached hydrogen (secondary N) is 2. The molecule has 2 aromatic rings. The fraction of sp³-hybridized carbons (Fsp3) is 0.222. The number of ketones is 1. The quantitative estimate of drug-likeness (QED) is 0.743. The Morgan fingerprint density at radius 2 is 1.68 bits per heavy atom. The van der Waals surface area contributed by atoms with E-state index in [1.807, 2.05) is 6.92 Å². The van der Waals surface area contributed by atoms with Gasteiger partial charge in [0.2, 0.25) is 10.0 Å². The van der Waals surface area contributed by atoms with Crippen molar-refractivity contribution in [1.82, 2.24) is 4.72 Å². The molecule has 6 nitrogen and oxygen atoms in total. The van der Waals surface area contributed by atoms with Gasteiger partial charge in [-0.05, 0) is 55.8 Å². The molecular formula is C18H20N2O4S. The van der Waals surface area contributed by atoms with Crippen molar-refractivity contribution in [2.24, 2.45) is 0 Å². The minimum Gasteiger partial charge on any atom is -0.322 e. The molecule has 0 aliphatic rings. The molecule has 25 heavy (non-hydrogen) atoms. The fourth-order valence-corrected chi connectivity index (χ4v) is 3.30. The first-order chi connectivity index (χ1) is 11.8. The molecule has 7 heteroatoms. The molecule has 0 saturated carbocycles. The number of amides is 1. The molecule has 132 valence electrons. The van der Waals surface area contributed by atoms with Gasteiger partial charge in [0.1, 0.15) is 0 Å². The minimum atomic E-state index is -3.63. The second-order valence-electron chi connectivity index (χ2n) is 5.51. The summed E-state index contributed by atoms with van der Waals surface area (Å²) in [6, 6.07) is 12.3. The van der Waals surface area contributed by atoms with Crippen molar-refractivity contribution >= 4 is 27.4 Å². The summed E-state index contributed by atoms with van der Waals surface area (Å²) in [6.07, 6.45) is 0.676. The molecule has 0 fully saturated rings. The molecule has 2 rings (SSSR count). The average molecular weight is 360 g/mol. The van der Waals surface area contributed by atoms with Crippen molar-refractivity contribution in [3.8, 4) is 0 Å². The number of sulfonamides is 1. The second kappa shape index (κ2) is 8.04. The van der Waals surface area contributed by atoms with E-state index in [1.54, 1.807) is 24.3 Å². The summed E-state index contributed by atoms with van der Waals surface area (Å²) >= 11 is 0. The van der Waals surface area contributed by atoms with Gasteiger partial charge < -0.3 is 5.32 Å². The van der Waals surface area contributed by atoms with Gasteiger partial charge in [0.15, 0.2) is 5.78 Å². The van der Waals surface area contributed by atoms with Crippen LogP contribution >= 0.6 is 0 Å². The summed E-state index contributed by atoms with van der Waals surface area (Å²) in [5, 5.41) is 2.68. The number of anilines is 1. The lowest BCUT2D eigenvalue weighted by Gasteiger charge is -2.09. The highest BCUT2D eigenvalue weighted by molar-refractivity contribution is 7.89. The average Bonchev–Trinajstić information content (AvgIpc) is 2.60. The SMILES string of the molecule is CCCNS(=O)(=O)c1cccc(C(=O)Nc2ccc(C(C)=O)cc2)c1. The highest BCUT2D eigenvalue weighted by Gasteiger charge is 2.15. The summed E-state index contributed by atoms with van der Waals surface area (Å²) in [6.45, 7) is 3.66. The number of hydrogen-bond donors (Lipinski definition) is 2. The number of benzene rings is 2. The Bertz CT molecular complexity index is 874. The van der Waals surface area contributed by atoms with E-state index in [0.29, 0.717) is 24.2 Å². The summed E-state index contributed by atoms with van der Waals surface area (Å²) in [7, 11) is -3.63. The van der Waals surface area contributed by atoms with Crippen molar-refractivity contribution < 1.29 is 18.0 Å². The Labute approximate surface area is 147 Å². The Morgan fingerprint density at radius 1 is 1.00 bits per heavy atom. The Kier molecular flexibility index (Phi) is 6.06. The van der Waals surface area contributed by atoms with Crippen LogP contribution in [0.25, 0.3) is 0 Å². The zero-order valence-corrected chi connectivity index (χ0v) is 14.9. The minimum absolute atomic E-state index is 0.0422. The summed E-state index contributed by atoms with van der Waals surface area (Å²) in [4.78, 5) is 23.6. The van der Waals surface area contributed by atoms with Crippen LogP contribution in [0.1, 0.15) is 41.0 Å². The zero-order chi connectivity index (χ0) is 18.4. The summed E-state index contributed by atoms with van der Waals surface area (Å²) in [5.74, 6) is -0.488. The van der Waals surface area contributed by atoms with Crippen LogP contribution < -0.4 is 10.0 Å². The largest absolute Gasteiger partial charge is 0.322 e. The molecule has 0 spiro atoms. The van der Waals surface area contributed by atoms with Gasteiger partial charge in [-0.25, -0.2) is 13.1 Å². The molecule has 0 heterocycles. The Balaban J connectivity index is 2.17. The van der Waals surface area contributed by atoms with Crippen LogP contribution in [-0.4, -0.2) is 26.7 Å². The third-order valence-electron chi connectivity index (χ3n) is 3.50. The Hall–Kier alpha value is -2.51. The van der Waals surface area contributed by atoms with E-state index in [0.717, 1.165) is 0 Å². The predicted molar refractivity (Wildman–Crippen MR) is 96.3 cm³/mol. The van der Waals surface area contributed by atoms with Gasteiger partial charge >= 0.3 is 0 Å². The third-order valence-corrected chi connectivity index (χ3v) is 4.96. The molecular weight excluding hydrogens is 340 g/mol. The molecule has 0 aliphatic carbocycles. The normalized spacial score (nSPS) is 11.1. The van der Waals surface area contributed by atoms with Crippen LogP contribution in [0.4, 0.5) is 5.69 Å². The number of rotatable bonds is 7. The predicted octanol–water partition coefficient (Wildman–Crippen LogP) is 2.83. The highest BCUT2D eigenvalue weighted by atomic mass is 32.2. The maximum absolute atomic E-state index is 12.3. The first-order valence-corrected chi connectivity index (χ1v) is 9.34. The van der Waals surface area contributed by atoms with Crippen LogP contribution in [0.3, 0.4) is 0 Å². The van der Waals surface area contributed by atoms with E-state index in [9.17, 15) is 18.0 Å². The number of hydrogen-bond acceptors (Lipinski definition) is 4. The van der Waals surface area contributed by atoms with Crippen molar-refractivity contribution in [3.63, 3.8) is 0 Å². The van der Waals surface area contributed by atoms with Gasteiger partial charge in [-0.3, -0.25) is 9.59 Å². The first-order valence-electron chi connectivity index (χ1n) is 7.85. The number of carbonyl (C=O) groups excluding carboxylic acids is 2. The van der Waals surface area contributed by atoms with Gasteiger partial charge in [-0.1, -0.05) is 13.0 Å². The van der Waals surface area contributed by atoms with Crippen LogP contribution in [0, 0.1) is 0 Å². The molecule has 0 unspecified atom stereocenters. The maximum Gasteiger partial charge on any atom is 0.255 e.